The summed E-state index contributed by atoms with van der Waals surface area (Å²) in [5, 5.41) is 13.9. The van der Waals surface area contributed by atoms with Gasteiger partial charge in [-0.3, -0.25) is 4.79 Å². The molecular formula is C16H11N3O2S. The predicted octanol–water partition coefficient (Wildman–Crippen LogP) is 3.84. The van der Waals surface area contributed by atoms with E-state index in [4.69, 9.17) is 9.68 Å². The van der Waals surface area contributed by atoms with Gasteiger partial charge in [0.1, 0.15) is 16.8 Å². The van der Waals surface area contributed by atoms with Crippen molar-refractivity contribution in [1.29, 1.82) is 5.26 Å². The van der Waals surface area contributed by atoms with Crippen LogP contribution < -0.4 is 5.32 Å². The Morgan fingerprint density at radius 3 is 2.82 bits per heavy atom. The molecule has 0 radical (unpaired) electrons. The van der Waals surface area contributed by atoms with Crippen molar-refractivity contribution in [2.24, 2.45) is 0 Å². The Hall–Kier alpha value is -2.91. The molecule has 0 aliphatic rings. The summed E-state index contributed by atoms with van der Waals surface area (Å²) in [5.74, 6) is 0.448. The largest absolute Gasteiger partial charge is 0.441 e. The van der Waals surface area contributed by atoms with Gasteiger partial charge in [0, 0.05) is 5.56 Å². The molecule has 1 N–H and O–H groups in total. The van der Waals surface area contributed by atoms with Crippen molar-refractivity contribution in [3.05, 3.63) is 58.8 Å². The molecule has 1 amide bonds. The lowest BCUT2D eigenvalue weighted by molar-refractivity contribution is 0.102. The number of nitriles is 1. The quantitative estimate of drug-likeness (QED) is 0.797. The van der Waals surface area contributed by atoms with Gasteiger partial charge in [0.05, 0.1) is 5.56 Å². The van der Waals surface area contributed by atoms with Gasteiger partial charge in [0.25, 0.3) is 5.91 Å². The van der Waals surface area contributed by atoms with Gasteiger partial charge >= 0.3 is 0 Å². The fraction of sp³-hybridized carbons (Fsp3) is 0.0625. The molecule has 0 bridgehead atoms. The van der Waals surface area contributed by atoms with Gasteiger partial charge < -0.3 is 9.73 Å². The van der Waals surface area contributed by atoms with Crippen molar-refractivity contribution in [1.82, 2.24) is 4.98 Å². The molecule has 0 saturated heterocycles. The normalized spacial score (nSPS) is 10.2. The monoisotopic (exact) mass is 309 g/mol. The zero-order valence-electron chi connectivity index (χ0n) is 11.7. The van der Waals surface area contributed by atoms with Crippen molar-refractivity contribution in [3.8, 4) is 17.5 Å². The molecular weight excluding hydrogens is 298 g/mol. The summed E-state index contributed by atoms with van der Waals surface area (Å²) in [6.45, 7) is 1.69. The average molecular weight is 309 g/mol. The molecule has 0 aliphatic heterocycles. The van der Waals surface area contributed by atoms with E-state index in [-0.39, 0.29) is 11.6 Å². The Labute approximate surface area is 130 Å². The maximum Gasteiger partial charge on any atom is 0.278 e. The van der Waals surface area contributed by atoms with Gasteiger partial charge in [-0.1, -0.05) is 18.2 Å². The SMILES string of the molecule is Cc1oc(-c2ccccc2)nc1C(=O)Nc1sccc1C#N. The third-order valence-electron chi connectivity index (χ3n) is 3.05. The summed E-state index contributed by atoms with van der Waals surface area (Å²) in [7, 11) is 0. The highest BCUT2D eigenvalue weighted by Crippen LogP contribution is 2.25. The first kappa shape index (κ1) is 14.0. The third-order valence-corrected chi connectivity index (χ3v) is 3.87. The molecule has 2 aromatic heterocycles. The average Bonchev–Trinajstić information content (AvgIpc) is 3.14. The first-order valence-electron chi connectivity index (χ1n) is 6.51. The van der Waals surface area contributed by atoms with E-state index in [2.05, 4.69) is 10.3 Å². The van der Waals surface area contributed by atoms with Crippen molar-refractivity contribution < 1.29 is 9.21 Å². The van der Waals surface area contributed by atoms with Crippen LogP contribution in [-0.2, 0) is 0 Å². The number of carbonyl (C=O) groups is 1. The maximum atomic E-state index is 12.3. The minimum Gasteiger partial charge on any atom is -0.441 e. The molecule has 6 heteroatoms. The van der Waals surface area contributed by atoms with Gasteiger partial charge in [0.2, 0.25) is 5.89 Å². The molecule has 108 valence electrons. The fourth-order valence-electron chi connectivity index (χ4n) is 1.97. The number of aromatic nitrogens is 1. The van der Waals surface area contributed by atoms with Crippen LogP contribution in [0.25, 0.3) is 11.5 Å². The summed E-state index contributed by atoms with van der Waals surface area (Å²) in [4.78, 5) is 16.6. The third kappa shape index (κ3) is 2.62. The van der Waals surface area contributed by atoms with Crippen LogP contribution in [0, 0.1) is 18.3 Å². The number of rotatable bonds is 3. The Kier molecular flexibility index (Phi) is 3.73. The first-order valence-corrected chi connectivity index (χ1v) is 7.39. The molecule has 22 heavy (non-hydrogen) atoms. The first-order chi connectivity index (χ1) is 10.7. The summed E-state index contributed by atoms with van der Waals surface area (Å²) in [6, 6.07) is 13.1. The van der Waals surface area contributed by atoms with Gasteiger partial charge in [-0.25, -0.2) is 4.98 Å². The Balaban J connectivity index is 1.88. The van der Waals surface area contributed by atoms with E-state index in [1.165, 1.54) is 11.3 Å². The second kappa shape index (κ2) is 5.84. The molecule has 0 fully saturated rings. The molecule has 0 saturated carbocycles. The second-order valence-corrected chi connectivity index (χ2v) is 5.44. The molecule has 0 aliphatic carbocycles. The zero-order chi connectivity index (χ0) is 15.5. The standard InChI is InChI=1S/C16H11N3O2S/c1-10-13(14(20)19-16-12(9-17)7-8-22-16)18-15(21-10)11-5-3-2-4-6-11/h2-8H,1H3,(H,19,20). The number of anilines is 1. The molecule has 0 spiro atoms. The molecule has 3 aromatic rings. The molecule has 2 heterocycles. The molecule has 0 unspecified atom stereocenters. The minimum atomic E-state index is -0.387. The van der Waals surface area contributed by atoms with Crippen molar-refractivity contribution >= 4 is 22.2 Å². The van der Waals surface area contributed by atoms with Crippen LogP contribution in [0.4, 0.5) is 5.00 Å². The lowest BCUT2D eigenvalue weighted by Crippen LogP contribution is -2.13. The lowest BCUT2D eigenvalue weighted by Gasteiger charge is -2.00. The highest BCUT2D eigenvalue weighted by molar-refractivity contribution is 7.14. The minimum absolute atomic E-state index is 0.219. The number of oxazole rings is 1. The van der Waals surface area contributed by atoms with Gasteiger partial charge in [0.15, 0.2) is 5.69 Å². The summed E-state index contributed by atoms with van der Waals surface area (Å²) < 4.78 is 5.56. The number of aryl methyl sites for hydroxylation is 1. The van der Waals surface area contributed by atoms with Crippen molar-refractivity contribution in [2.75, 3.05) is 5.32 Å². The van der Waals surface area contributed by atoms with Gasteiger partial charge in [-0.2, -0.15) is 5.26 Å². The highest BCUT2D eigenvalue weighted by atomic mass is 32.1. The predicted molar refractivity (Wildman–Crippen MR) is 83.7 cm³/mol. The number of nitrogens with one attached hydrogen (secondary N) is 1. The lowest BCUT2D eigenvalue weighted by atomic mass is 10.2. The highest BCUT2D eigenvalue weighted by Gasteiger charge is 2.19. The van der Waals surface area contributed by atoms with E-state index in [9.17, 15) is 4.79 Å². The smallest absolute Gasteiger partial charge is 0.278 e. The Morgan fingerprint density at radius 1 is 1.32 bits per heavy atom. The second-order valence-electron chi connectivity index (χ2n) is 4.52. The summed E-state index contributed by atoms with van der Waals surface area (Å²) in [6.07, 6.45) is 0. The van der Waals surface area contributed by atoms with E-state index >= 15 is 0 Å². The number of carbonyl (C=O) groups excluding carboxylic acids is 1. The van der Waals surface area contributed by atoms with Gasteiger partial charge in [-0.05, 0) is 30.5 Å². The number of benzene rings is 1. The van der Waals surface area contributed by atoms with Crippen molar-refractivity contribution in [3.63, 3.8) is 0 Å². The molecule has 1 aromatic carbocycles. The summed E-state index contributed by atoms with van der Waals surface area (Å²) in [5.41, 5.74) is 1.46. The van der Waals surface area contributed by atoms with E-state index in [0.29, 0.717) is 22.2 Å². The number of hydrogen-bond donors (Lipinski definition) is 1. The van der Waals surface area contributed by atoms with E-state index in [1.54, 1.807) is 18.4 Å². The number of amides is 1. The summed E-state index contributed by atoms with van der Waals surface area (Å²) >= 11 is 1.29. The van der Waals surface area contributed by atoms with Crippen LogP contribution in [0.1, 0.15) is 21.8 Å². The fourth-order valence-corrected chi connectivity index (χ4v) is 2.70. The van der Waals surface area contributed by atoms with E-state index < -0.39 is 0 Å². The van der Waals surface area contributed by atoms with Crippen molar-refractivity contribution in [2.45, 2.75) is 6.92 Å². The molecule has 3 rings (SSSR count). The zero-order valence-corrected chi connectivity index (χ0v) is 12.5. The van der Waals surface area contributed by atoms with Crippen LogP contribution in [0.15, 0.2) is 46.2 Å². The topological polar surface area (TPSA) is 78.9 Å². The number of thiophene rings is 1. The number of nitrogens with zero attached hydrogens (tertiary/aromatic N) is 2. The van der Waals surface area contributed by atoms with Crippen LogP contribution in [0.5, 0.6) is 0 Å². The molecule has 5 nitrogen and oxygen atoms in total. The molecule has 0 atom stereocenters. The Bertz CT molecular complexity index is 859. The van der Waals surface area contributed by atoms with Crippen LogP contribution in [0.2, 0.25) is 0 Å². The van der Waals surface area contributed by atoms with Crippen LogP contribution in [0.3, 0.4) is 0 Å². The van der Waals surface area contributed by atoms with E-state index in [0.717, 1.165) is 5.56 Å². The van der Waals surface area contributed by atoms with E-state index in [1.807, 2.05) is 36.4 Å². The Morgan fingerprint density at radius 2 is 2.09 bits per heavy atom. The number of hydrogen-bond acceptors (Lipinski definition) is 5. The van der Waals surface area contributed by atoms with Crippen LogP contribution in [-0.4, -0.2) is 10.9 Å². The van der Waals surface area contributed by atoms with Gasteiger partial charge in [-0.15, -0.1) is 11.3 Å². The van der Waals surface area contributed by atoms with Crippen LogP contribution >= 0.6 is 11.3 Å². The maximum absolute atomic E-state index is 12.3.